The maximum absolute atomic E-state index is 12.0. The first-order valence-electron chi connectivity index (χ1n) is 15.0. The van der Waals surface area contributed by atoms with Crippen molar-refractivity contribution in [2.45, 2.75) is 45.2 Å². The van der Waals surface area contributed by atoms with E-state index in [0.29, 0.717) is 6.54 Å². The molecule has 1 atom stereocenters. The summed E-state index contributed by atoms with van der Waals surface area (Å²) >= 11 is 0. The van der Waals surface area contributed by atoms with Crippen LogP contribution in [0.3, 0.4) is 0 Å². The van der Waals surface area contributed by atoms with E-state index >= 15 is 0 Å². The molecule has 5 heterocycles. The molecule has 2 fully saturated rings. The Morgan fingerprint density at radius 2 is 1.85 bits per heavy atom. The highest BCUT2D eigenvalue weighted by Crippen LogP contribution is 2.31. The quantitative estimate of drug-likeness (QED) is 0.304. The number of rotatable bonds is 6. The molecule has 2 aromatic heterocycles. The zero-order chi connectivity index (χ0) is 27.9. The normalized spacial score (nSPS) is 19.8. The van der Waals surface area contributed by atoms with Gasteiger partial charge in [0.25, 0.3) is 5.91 Å². The Bertz CT molecular complexity index is 1600. The number of piperidine rings is 2. The minimum absolute atomic E-state index is 0.000545. The Balaban J connectivity index is 1.02. The predicted molar refractivity (Wildman–Crippen MR) is 165 cm³/mol. The SMILES string of the molecule is C=C(c1ccc(Nc2ccc(-c3ccc4c(c3)CNC4=O)n3ccnc23)cc1)N1CCC(N2CCCC(C)C2)CC1. The third-order valence-electron chi connectivity index (χ3n) is 9.18. The molecule has 0 aliphatic carbocycles. The number of amides is 1. The highest BCUT2D eigenvalue weighted by atomic mass is 16.1. The number of carbonyl (C=O) groups excluding carboxylic acids is 1. The van der Waals surface area contributed by atoms with Gasteiger partial charge in [-0.1, -0.05) is 31.7 Å². The number of hydrogen-bond acceptors (Lipinski definition) is 5. The van der Waals surface area contributed by atoms with Gasteiger partial charge in [0.1, 0.15) is 0 Å². The second-order valence-electron chi connectivity index (χ2n) is 11.9. The fourth-order valence-corrected chi connectivity index (χ4v) is 6.88. The number of pyridine rings is 1. The zero-order valence-electron chi connectivity index (χ0n) is 23.8. The first-order chi connectivity index (χ1) is 20.0. The average Bonchev–Trinajstić information content (AvgIpc) is 3.65. The Morgan fingerprint density at radius 1 is 1.02 bits per heavy atom. The van der Waals surface area contributed by atoms with E-state index in [1.807, 2.05) is 24.5 Å². The molecule has 2 saturated heterocycles. The summed E-state index contributed by atoms with van der Waals surface area (Å²) in [6, 6.07) is 19.5. The Morgan fingerprint density at radius 3 is 2.66 bits per heavy atom. The Kier molecular flexibility index (Phi) is 6.75. The molecule has 7 heteroatoms. The molecule has 7 rings (SSSR count). The van der Waals surface area contributed by atoms with Crippen molar-refractivity contribution in [1.82, 2.24) is 24.5 Å². The number of aromatic nitrogens is 2. The Labute approximate surface area is 241 Å². The van der Waals surface area contributed by atoms with Crippen LogP contribution in [0.4, 0.5) is 11.4 Å². The maximum atomic E-state index is 12.0. The van der Waals surface area contributed by atoms with E-state index in [1.165, 1.54) is 44.3 Å². The summed E-state index contributed by atoms with van der Waals surface area (Å²) in [7, 11) is 0. The van der Waals surface area contributed by atoms with Crippen molar-refractivity contribution >= 4 is 28.6 Å². The number of carbonyl (C=O) groups is 1. The fraction of sp³-hybridized carbons (Fsp3) is 0.353. The van der Waals surface area contributed by atoms with Gasteiger partial charge in [-0.3, -0.25) is 14.1 Å². The summed E-state index contributed by atoms with van der Waals surface area (Å²) < 4.78 is 2.10. The van der Waals surface area contributed by atoms with Crippen molar-refractivity contribution in [2.75, 3.05) is 31.5 Å². The van der Waals surface area contributed by atoms with Crippen LogP contribution < -0.4 is 10.6 Å². The number of nitrogens with one attached hydrogen (secondary N) is 2. The molecule has 0 spiro atoms. The van der Waals surface area contributed by atoms with Crippen LogP contribution in [0, 0.1) is 5.92 Å². The van der Waals surface area contributed by atoms with E-state index < -0.39 is 0 Å². The number of anilines is 2. The van der Waals surface area contributed by atoms with E-state index in [0.717, 1.165) is 70.2 Å². The van der Waals surface area contributed by atoms with Crippen LogP contribution in [-0.4, -0.2) is 57.3 Å². The number of imidazole rings is 1. The first kappa shape index (κ1) is 25.8. The van der Waals surface area contributed by atoms with Gasteiger partial charge in [0.15, 0.2) is 5.65 Å². The largest absolute Gasteiger partial charge is 0.371 e. The van der Waals surface area contributed by atoms with Crippen molar-refractivity contribution in [1.29, 1.82) is 0 Å². The topological polar surface area (TPSA) is 64.9 Å². The van der Waals surface area contributed by atoms with Gasteiger partial charge < -0.3 is 15.5 Å². The van der Waals surface area contributed by atoms with Crippen molar-refractivity contribution in [3.05, 3.63) is 90.3 Å². The van der Waals surface area contributed by atoms with Gasteiger partial charge in [-0.15, -0.1) is 0 Å². The highest BCUT2D eigenvalue weighted by molar-refractivity contribution is 5.99. The molecule has 0 radical (unpaired) electrons. The molecule has 2 aromatic carbocycles. The third-order valence-corrected chi connectivity index (χ3v) is 9.18. The summed E-state index contributed by atoms with van der Waals surface area (Å²) in [5.74, 6) is 0.835. The van der Waals surface area contributed by atoms with Crippen LogP contribution in [0.2, 0.25) is 0 Å². The third kappa shape index (κ3) is 4.99. The summed E-state index contributed by atoms with van der Waals surface area (Å²) in [5, 5.41) is 6.46. The molecule has 7 nitrogen and oxygen atoms in total. The molecule has 1 unspecified atom stereocenters. The van der Waals surface area contributed by atoms with Crippen LogP contribution in [0.15, 0.2) is 73.6 Å². The van der Waals surface area contributed by atoms with Gasteiger partial charge in [0, 0.05) is 61.6 Å². The van der Waals surface area contributed by atoms with Gasteiger partial charge in [-0.25, -0.2) is 4.98 Å². The van der Waals surface area contributed by atoms with E-state index in [9.17, 15) is 4.79 Å². The van der Waals surface area contributed by atoms with E-state index in [4.69, 9.17) is 0 Å². The van der Waals surface area contributed by atoms with E-state index in [-0.39, 0.29) is 5.91 Å². The summed E-state index contributed by atoms with van der Waals surface area (Å²) in [5.41, 5.74) is 9.00. The molecule has 41 heavy (non-hydrogen) atoms. The second kappa shape index (κ2) is 10.7. The predicted octanol–water partition coefficient (Wildman–Crippen LogP) is 6.16. The maximum Gasteiger partial charge on any atom is 0.251 e. The molecular formula is C34H38N6O. The number of hydrogen-bond donors (Lipinski definition) is 2. The van der Waals surface area contributed by atoms with E-state index in [1.54, 1.807) is 0 Å². The lowest BCUT2D eigenvalue weighted by molar-refractivity contribution is 0.0902. The number of fused-ring (bicyclic) bond motifs is 2. The first-order valence-corrected chi connectivity index (χ1v) is 15.0. The minimum atomic E-state index is 0.000545. The van der Waals surface area contributed by atoms with Gasteiger partial charge in [-0.2, -0.15) is 0 Å². The molecule has 3 aliphatic heterocycles. The molecule has 3 aliphatic rings. The van der Waals surface area contributed by atoms with Crippen LogP contribution in [-0.2, 0) is 6.54 Å². The van der Waals surface area contributed by atoms with Crippen molar-refractivity contribution in [2.24, 2.45) is 5.92 Å². The fourth-order valence-electron chi connectivity index (χ4n) is 6.88. The second-order valence-corrected chi connectivity index (χ2v) is 11.9. The zero-order valence-corrected chi connectivity index (χ0v) is 23.8. The molecule has 4 aromatic rings. The lowest BCUT2D eigenvalue weighted by Crippen LogP contribution is -2.47. The lowest BCUT2D eigenvalue weighted by Gasteiger charge is -2.42. The molecule has 0 bridgehead atoms. The average molecular weight is 547 g/mol. The van der Waals surface area contributed by atoms with Crippen LogP contribution in [0.5, 0.6) is 0 Å². The molecule has 1 amide bonds. The van der Waals surface area contributed by atoms with Gasteiger partial charge >= 0.3 is 0 Å². The monoisotopic (exact) mass is 546 g/mol. The van der Waals surface area contributed by atoms with Crippen molar-refractivity contribution < 1.29 is 4.79 Å². The standard InChI is InChI=1S/C34H38N6O/c1-23-4-3-16-39(22-23)29-13-17-38(18-14-29)24(2)25-5-8-28(9-6-25)37-31-11-12-32(40-19-15-35-33(31)40)26-7-10-30-27(20-26)21-36-34(30)41/h5-12,15,19-20,23,29,37H,2-4,13-14,16-18,21-22H2,1H3,(H,36,41). The smallest absolute Gasteiger partial charge is 0.251 e. The highest BCUT2D eigenvalue weighted by Gasteiger charge is 2.28. The molecule has 0 saturated carbocycles. The Hall–Kier alpha value is -4.10. The number of nitrogens with zero attached hydrogens (tertiary/aromatic N) is 4. The number of likely N-dealkylation sites (tertiary alicyclic amines) is 2. The van der Waals surface area contributed by atoms with Gasteiger partial charge in [-0.05, 0) is 91.2 Å². The van der Waals surface area contributed by atoms with Crippen LogP contribution in [0.25, 0.3) is 22.6 Å². The summed E-state index contributed by atoms with van der Waals surface area (Å²) in [4.78, 5) is 21.8. The molecule has 210 valence electrons. The van der Waals surface area contributed by atoms with E-state index in [2.05, 4.69) is 85.8 Å². The van der Waals surface area contributed by atoms with Crippen LogP contribution >= 0.6 is 0 Å². The van der Waals surface area contributed by atoms with Gasteiger partial charge in [0.05, 0.1) is 11.4 Å². The van der Waals surface area contributed by atoms with Gasteiger partial charge in [0.2, 0.25) is 0 Å². The number of benzene rings is 2. The minimum Gasteiger partial charge on any atom is -0.371 e. The van der Waals surface area contributed by atoms with Crippen LogP contribution in [0.1, 0.15) is 54.1 Å². The van der Waals surface area contributed by atoms with Crippen molar-refractivity contribution in [3.8, 4) is 11.3 Å². The lowest BCUT2D eigenvalue weighted by atomic mass is 9.95. The summed E-state index contributed by atoms with van der Waals surface area (Å²) in [6.45, 7) is 12.1. The molecular weight excluding hydrogens is 508 g/mol. The van der Waals surface area contributed by atoms with Crippen molar-refractivity contribution in [3.63, 3.8) is 0 Å². The summed E-state index contributed by atoms with van der Waals surface area (Å²) in [6.07, 6.45) is 8.98. The molecule has 2 N–H and O–H groups in total.